The van der Waals surface area contributed by atoms with E-state index in [9.17, 15) is 0 Å². The van der Waals surface area contributed by atoms with Crippen LogP contribution in [-0.2, 0) is 0 Å². The number of amidine groups is 1. The summed E-state index contributed by atoms with van der Waals surface area (Å²) in [7, 11) is 0. The molecular formula is C13H18N6. The topological polar surface area (TPSA) is 102 Å². The number of aliphatic imine (C=N–C) groups is 1. The number of nitrogens with two attached hydrogens (primary N) is 2. The second-order valence-corrected chi connectivity index (χ2v) is 5.14. The van der Waals surface area contributed by atoms with Crippen LogP contribution in [0.1, 0.15) is 31.2 Å². The first-order valence-electron chi connectivity index (χ1n) is 6.57. The van der Waals surface area contributed by atoms with Gasteiger partial charge in [0.2, 0.25) is 0 Å². The van der Waals surface area contributed by atoms with E-state index in [4.69, 9.17) is 11.5 Å². The number of rotatable bonds is 2. The van der Waals surface area contributed by atoms with Gasteiger partial charge >= 0.3 is 0 Å². The number of nitrogens with zero attached hydrogens (tertiary/aromatic N) is 3. The molecule has 1 aromatic heterocycles. The van der Waals surface area contributed by atoms with Crippen LogP contribution in [0.3, 0.4) is 0 Å². The van der Waals surface area contributed by atoms with E-state index in [2.05, 4.69) is 20.3 Å². The van der Waals surface area contributed by atoms with Crippen molar-refractivity contribution in [2.45, 2.75) is 31.3 Å². The summed E-state index contributed by atoms with van der Waals surface area (Å²) in [6, 6.07) is 0. The van der Waals surface area contributed by atoms with E-state index in [0.717, 1.165) is 18.4 Å². The Morgan fingerprint density at radius 1 is 1.21 bits per heavy atom. The summed E-state index contributed by atoms with van der Waals surface area (Å²) in [6.45, 7) is 0. The molecule has 19 heavy (non-hydrogen) atoms. The molecule has 0 bridgehead atoms. The monoisotopic (exact) mass is 258 g/mol. The molecule has 1 aliphatic heterocycles. The minimum Gasteiger partial charge on any atom is -0.398 e. The van der Waals surface area contributed by atoms with E-state index >= 15 is 0 Å². The molecule has 2 heterocycles. The van der Waals surface area contributed by atoms with Gasteiger partial charge in [-0.05, 0) is 12.8 Å². The van der Waals surface area contributed by atoms with Crippen LogP contribution < -0.4 is 16.8 Å². The lowest BCUT2D eigenvalue weighted by Gasteiger charge is -2.35. The lowest BCUT2D eigenvalue weighted by atomic mass is 9.88. The van der Waals surface area contributed by atoms with Crippen LogP contribution in [0, 0.1) is 5.92 Å². The molecule has 1 unspecified atom stereocenters. The van der Waals surface area contributed by atoms with Gasteiger partial charge in [0.15, 0.2) is 5.66 Å². The second kappa shape index (κ2) is 4.62. The summed E-state index contributed by atoms with van der Waals surface area (Å²) in [5.41, 5.74) is 13.2. The number of hydrogen-bond donors (Lipinski definition) is 3. The third-order valence-corrected chi connectivity index (χ3v) is 3.94. The molecule has 0 spiro atoms. The Labute approximate surface area is 112 Å². The predicted octanol–water partition coefficient (Wildman–Crippen LogP) is 0.472. The Morgan fingerprint density at radius 3 is 2.58 bits per heavy atom. The molecule has 1 saturated carbocycles. The van der Waals surface area contributed by atoms with E-state index < -0.39 is 5.66 Å². The maximum Gasteiger partial charge on any atom is 0.154 e. The Bertz CT molecular complexity index is 517. The smallest absolute Gasteiger partial charge is 0.154 e. The van der Waals surface area contributed by atoms with Crippen molar-refractivity contribution in [3.8, 4) is 0 Å². The average molecular weight is 258 g/mol. The minimum absolute atomic E-state index is 0.311. The number of hydrogen-bond acceptors (Lipinski definition) is 6. The average Bonchev–Trinajstić information content (AvgIpc) is 2.98. The van der Waals surface area contributed by atoms with E-state index in [1.165, 1.54) is 19.2 Å². The molecule has 3 rings (SSSR count). The fourth-order valence-electron chi connectivity index (χ4n) is 2.81. The zero-order valence-electron chi connectivity index (χ0n) is 10.7. The Balaban J connectivity index is 1.96. The Hall–Kier alpha value is -1.95. The molecule has 0 amide bonds. The van der Waals surface area contributed by atoms with Gasteiger partial charge < -0.3 is 16.8 Å². The summed E-state index contributed by atoms with van der Waals surface area (Å²) < 4.78 is 0. The van der Waals surface area contributed by atoms with Crippen molar-refractivity contribution in [2.24, 2.45) is 22.4 Å². The van der Waals surface area contributed by atoms with Crippen LogP contribution in [0.15, 0.2) is 35.6 Å². The van der Waals surface area contributed by atoms with E-state index in [1.54, 1.807) is 18.6 Å². The third kappa shape index (κ3) is 2.08. The fraction of sp³-hybridized carbons (Fsp3) is 0.462. The van der Waals surface area contributed by atoms with Crippen LogP contribution in [-0.4, -0.2) is 21.5 Å². The van der Waals surface area contributed by atoms with Crippen molar-refractivity contribution in [1.82, 2.24) is 15.3 Å². The quantitative estimate of drug-likeness (QED) is 0.715. The molecular weight excluding hydrogens is 240 g/mol. The summed E-state index contributed by atoms with van der Waals surface area (Å²) in [4.78, 5) is 12.7. The van der Waals surface area contributed by atoms with Gasteiger partial charge in [0, 0.05) is 24.5 Å². The molecule has 6 heteroatoms. The van der Waals surface area contributed by atoms with Gasteiger partial charge in [-0.3, -0.25) is 0 Å². The van der Waals surface area contributed by atoms with Gasteiger partial charge in [-0.15, -0.1) is 0 Å². The zero-order chi connectivity index (χ0) is 13.3. The van der Waals surface area contributed by atoms with Gasteiger partial charge in [0.1, 0.15) is 12.2 Å². The molecule has 1 fully saturated rings. The van der Waals surface area contributed by atoms with E-state index in [-0.39, 0.29) is 0 Å². The number of aromatic nitrogens is 2. The molecule has 0 saturated heterocycles. The number of nitrogens with one attached hydrogen (secondary N) is 1. The second-order valence-electron chi connectivity index (χ2n) is 5.14. The van der Waals surface area contributed by atoms with Gasteiger partial charge in [0.05, 0.1) is 11.3 Å². The van der Waals surface area contributed by atoms with Crippen LogP contribution in [0.5, 0.6) is 0 Å². The van der Waals surface area contributed by atoms with Gasteiger partial charge in [-0.25, -0.2) is 15.0 Å². The third-order valence-electron chi connectivity index (χ3n) is 3.94. The van der Waals surface area contributed by atoms with Crippen LogP contribution in [0.4, 0.5) is 0 Å². The van der Waals surface area contributed by atoms with E-state index in [1.807, 2.05) is 0 Å². The molecule has 0 radical (unpaired) electrons. The largest absolute Gasteiger partial charge is 0.398 e. The molecule has 1 aliphatic carbocycles. The molecule has 100 valence electrons. The highest BCUT2D eigenvalue weighted by Gasteiger charge is 2.41. The lowest BCUT2D eigenvalue weighted by molar-refractivity contribution is 0.326. The first kappa shape index (κ1) is 12.1. The Kier molecular flexibility index (Phi) is 2.94. The summed E-state index contributed by atoms with van der Waals surface area (Å²) in [5.74, 6) is 0.995. The maximum atomic E-state index is 6.47. The first-order chi connectivity index (χ1) is 9.20. The highest BCUT2D eigenvalue weighted by Crippen LogP contribution is 2.37. The lowest BCUT2D eigenvalue weighted by Crippen LogP contribution is -2.53. The molecule has 0 aromatic carbocycles. The van der Waals surface area contributed by atoms with Crippen molar-refractivity contribution >= 4 is 5.84 Å². The fourth-order valence-corrected chi connectivity index (χ4v) is 2.81. The summed E-state index contributed by atoms with van der Waals surface area (Å²) >= 11 is 0. The normalized spacial score (nSPS) is 27.6. The molecule has 1 aromatic rings. The van der Waals surface area contributed by atoms with Crippen molar-refractivity contribution in [3.63, 3.8) is 0 Å². The van der Waals surface area contributed by atoms with Crippen LogP contribution in [0.25, 0.3) is 0 Å². The molecule has 1 atom stereocenters. The van der Waals surface area contributed by atoms with Crippen molar-refractivity contribution < 1.29 is 0 Å². The minimum atomic E-state index is -0.799. The van der Waals surface area contributed by atoms with Crippen molar-refractivity contribution in [1.29, 1.82) is 0 Å². The predicted molar refractivity (Wildman–Crippen MR) is 72.9 cm³/mol. The van der Waals surface area contributed by atoms with Crippen molar-refractivity contribution in [2.75, 3.05) is 0 Å². The Morgan fingerprint density at radius 2 is 1.89 bits per heavy atom. The highest BCUT2D eigenvalue weighted by molar-refractivity contribution is 5.99. The zero-order valence-corrected chi connectivity index (χ0v) is 10.7. The SMILES string of the molecule is NC1=CNC(c2cncnc2)=NC1(N)C1CCCC1. The van der Waals surface area contributed by atoms with Crippen LogP contribution >= 0.6 is 0 Å². The molecule has 5 N–H and O–H groups in total. The van der Waals surface area contributed by atoms with Gasteiger partial charge in [-0.2, -0.15) is 0 Å². The highest BCUT2D eigenvalue weighted by atomic mass is 15.2. The molecule has 6 nitrogen and oxygen atoms in total. The van der Waals surface area contributed by atoms with E-state index in [0.29, 0.717) is 17.5 Å². The van der Waals surface area contributed by atoms with Crippen molar-refractivity contribution in [3.05, 3.63) is 36.2 Å². The summed E-state index contributed by atoms with van der Waals surface area (Å²) in [5, 5.41) is 3.07. The van der Waals surface area contributed by atoms with Crippen LogP contribution in [0.2, 0.25) is 0 Å². The van der Waals surface area contributed by atoms with Gasteiger partial charge in [0.25, 0.3) is 0 Å². The first-order valence-corrected chi connectivity index (χ1v) is 6.57. The maximum absolute atomic E-state index is 6.47. The van der Waals surface area contributed by atoms with Gasteiger partial charge in [-0.1, -0.05) is 12.8 Å². The summed E-state index contributed by atoms with van der Waals surface area (Å²) in [6.07, 6.45) is 11.2. The molecule has 2 aliphatic rings. The standard InChI is InChI=1S/C13H18N6/c14-11-7-18-12(9-5-16-8-17-6-9)19-13(11,15)10-3-1-2-4-10/h5-8,10H,1-4,14-15H2,(H,18,19).